The highest BCUT2D eigenvalue weighted by Gasteiger charge is 1.85. The summed E-state index contributed by atoms with van der Waals surface area (Å²) in [6, 6.07) is 5.90. The summed E-state index contributed by atoms with van der Waals surface area (Å²) in [6.45, 7) is 2.83. The molecule has 0 aliphatic carbocycles. The molecule has 1 heterocycles. The van der Waals surface area contributed by atoms with Crippen LogP contribution in [-0.2, 0) is 11.3 Å². The van der Waals surface area contributed by atoms with Gasteiger partial charge in [-0.15, -0.1) is 0 Å². The topological polar surface area (TPSA) is 42.0 Å². The molecule has 78 valence electrons. The highest BCUT2D eigenvalue weighted by Crippen LogP contribution is 1.89. The molecule has 0 fully saturated rings. The van der Waals surface area contributed by atoms with Crippen LogP contribution < -0.4 is 5.32 Å². The molecular weight excluding hydrogens is 176 g/mol. The third-order valence-electron chi connectivity index (χ3n) is 1.49. The lowest BCUT2D eigenvalue weighted by Gasteiger charge is -1.94. The number of pyridine rings is 1. The number of carbonyl (C=O) groups excluding carboxylic acids is 1. The number of nitrogens with zero attached hydrogens (tertiary/aromatic N) is 1. The fourth-order valence-electron chi connectivity index (χ4n) is 0.802. The van der Waals surface area contributed by atoms with E-state index in [1.165, 1.54) is 0 Å². The predicted molar refractivity (Wildman–Crippen MR) is 58.0 cm³/mol. The number of nitrogens with one attached hydrogen (secondary N) is 1. The number of hydrogen-bond acceptors (Lipinski definition) is 3. The Morgan fingerprint density at radius 2 is 2.29 bits per heavy atom. The van der Waals surface area contributed by atoms with Crippen LogP contribution in [0.2, 0.25) is 0 Å². The third-order valence-corrected chi connectivity index (χ3v) is 1.49. The van der Waals surface area contributed by atoms with Crippen LogP contribution in [-0.4, -0.2) is 18.3 Å². The molecule has 0 amide bonds. The summed E-state index contributed by atoms with van der Waals surface area (Å²) >= 11 is 0. The van der Waals surface area contributed by atoms with E-state index in [1.54, 1.807) is 6.20 Å². The van der Waals surface area contributed by atoms with Crippen molar-refractivity contribution in [2.24, 2.45) is 0 Å². The van der Waals surface area contributed by atoms with Gasteiger partial charge in [-0.3, -0.25) is 4.98 Å². The molecule has 0 aliphatic rings. The van der Waals surface area contributed by atoms with Crippen molar-refractivity contribution >= 4 is 6.29 Å². The third kappa shape index (κ3) is 7.43. The molecule has 0 aromatic carbocycles. The second-order valence-electron chi connectivity index (χ2n) is 2.81. The Labute approximate surface area is 85.6 Å². The number of carbonyl (C=O) groups is 1. The molecule has 1 N–H and O–H groups in total. The molecule has 14 heavy (non-hydrogen) atoms. The van der Waals surface area contributed by atoms with Crippen LogP contribution in [0, 0.1) is 0 Å². The van der Waals surface area contributed by atoms with Gasteiger partial charge in [0.05, 0.1) is 5.69 Å². The smallest absolute Gasteiger partial charge is 0.119 e. The van der Waals surface area contributed by atoms with Crippen molar-refractivity contribution in [3.8, 4) is 0 Å². The summed E-state index contributed by atoms with van der Waals surface area (Å²) in [6.07, 6.45) is 4.41. The van der Waals surface area contributed by atoms with Crippen LogP contribution in [0.4, 0.5) is 0 Å². The molecule has 1 rings (SSSR count). The van der Waals surface area contributed by atoms with Gasteiger partial charge in [0.2, 0.25) is 0 Å². The monoisotopic (exact) mass is 194 g/mol. The van der Waals surface area contributed by atoms with Gasteiger partial charge in [0, 0.05) is 19.2 Å². The standard InChI is InChI=1S/C7H10N2.C4H8O/c1-8-6-7-4-2-3-5-9-7;1-2-3-4-5/h2-5,8H,6H2,1H3;4H,2-3H2,1H3. The SMILES string of the molecule is CCCC=O.CNCc1ccccn1. The van der Waals surface area contributed by atoms with Gasteiger partial charge in [-0.2, -0.15) is 0 Å². The zero-order chi connectivity index (χ0) is 10.6. The molecule has 3 heteroatoms. The maximum atomic E-state index is 9.40. The van der Waals surface area contributed by atoms with Crippen LogP contribution in [0.1, 0.15) is 25.5 Å². The van der Waals surface area contributed by atoms with Crippen molar-refractivity contribution in [1.29, 1.82) is 0 Å². The zero-order valence-electron chi connectivity index (χ0n) is 8.86. The van der Waals surface area contributed by atoms with Gasteiger partial charge in [-0.1, -0.05) is 13.0 Å². The van der Waals surface area contributed by atoms with E-state index in [9.17, 15) is 4.79 Å². The Morgan fingerprint density at radius 3 is 2.64 bits per heavy atom. The van der Waals surface area contributed by atoms with Crippen LogP contribution in [0.5, 0.6) is 0 Å². The van der Waals surface area contributed by atoms with Crippen molar-refractivity contribution in [2.75, 3.05) is 7.05 Å². The van der Waals surface area contributed by atoms with Gasteiger partial charge in [-0.25, -0.2) is 0 Å². The Balaban J connectivity index is 0.000000292. The van der Waals surface area contributed by atoms with Crippen LogP contribution in [0.25, 0.3) is 0 Å². The zero-order valence-corrected chi connectivity index (χ0v) is 8.86. The molecule has 0 spiro atoms. The Morgan fingerprint density at radius 1 is 1.50 bits per heavy atom. The molecule has 0 unspecified atom stereocenters. The Hall–Kier alpha value is -1.22. The summed E-state index contributed by atoms with van der Waals surface area (Å²) < 4.78 is 0. The minimum atomic E-state index is 0.708. The average molecular weight is 194 g/mol. The van der Waals surface area contributed by atoms with Crippen molar-refractivity contribution in [3.05, 3.63) is 30.1 Å². The molecule has 0 saturated carbocycles. The van der Waals surface area contributed by atoms with E-state index in [2.05, 4.69) is 10.3 Å². The lowest BCUT2D eigenvalue weighted by atomic mass is 10.3. The quantitative estimate of drug-likeness (QED) is 0.743. The second kappa shape index (κ2) is 9.86. The summed E-state index contributed by atoms with van der Waals surface area (Å²) in [4.78, 5) is 13.5. The lowest BCUT2D eigenvalue weighted by Crippen LogP contribution is -2.05. The number of aldehydes is 1. The van der Waals surface area contributed by atoms with E-state index >= 15 is 0 Å². The highest BCUT2D eigenvalue weighted by atomic mass is 16.1. The van der Waals surface area contributed by atoms with E-state index in [0.29, 0.717) is 6.42 Å². The summed E-state index contributed by atoms with van der Waals surface area (Å²) in [7, 11) is 1.91. The van der Waals surface area contributed by atoms with Crippen LogP contribution in [0.3, 0.4) is 0 Å². The molecule has 0 bridgehead atoms. The molecule has 1 aromatic heterocycles. The second-order valence-corrected chi connectivity index (χ2v) is 2.81. The maximum absolute atomic E-state index is 9.40. The predicted octanol–water partition coefficient (Wildman–Crippen LogP) is 1.79. The molecular formula is C11H18N2O. The first-order valence-corrected chi connectivity index (χ1v) is 4.83. The highest BCUT2D eigenvalue weighted by molar-refractivity contribution is 5.48. The first kappa shape index (κ1) is 12.8. The van der Waals surface area contributed by atoms with Gasteiger partial charge in [0.1, 0.15) is 6.29 Å². The lowest BCUT2D eigenvalue weighted by molar-refractivity contribution is -0.107. The summed E-state index contributed by atoms with van der Waals surface area (Å²) in [5.41, 5.74) is 1.08. The van der Waals surface area contributed by atoms with Crippen molar-refractivity contribution in [3.63, 3.8) is 0 Å². The van der Waals surface area contributed by atoms with E-state index in [1.807, 2.05) is 32.2 Å². The average Bonchev–Trinajstić information content (AvgIpc) is 2.22. The molecule has 0 radical (unpaired) electrons. The minimum Gasteiger partial charge on any atom is -0.314 e. The molecule has 3 nitrogen and oxygen atoms in total. The summed E-state index contributed by atoms with van der Waals surface area (Å²) in [5.74, 6) is 0. The summed E-state index contributed by atoms with van der Waals surface area (Å²) in [5, 5.41) is 3.02. The van der Waals surface area contributed by atoms with Crippen molar-refractivity contribution in [1.82, 2.24) is 10.3 Å². The Kier molecular flexibility index (Phi) is 9.01. The van der Waals surface area contributed by atoms with Gasteiger partial charge in [0.15, 0.2) is 0 Å². The number of hydrogen-bond donors (Lipinski definition) is 1. The maximum Gasteiger partial charge on any atom is 0.119 e. The van der Waals surface area contributed by atoms with Crippen LogP contribution >= 0.6 is 0 Å². The van der Waals surface area contributed by atoms with Crippen molar-refractivity contribution < 1.29 is 4.79 Å². The fraction of sp³-hybridized carbons (Fsp3) is 0.455. The van der Waals surface area contributed by atoms with E-state index < -0.39 is 0 Å². The van der Waals surface area contributed by atoms with Gasteiger partial charge >= 0.3 is 0 Å². The van der Waals surface area contributed by atoms with E-state index in [-0.39, 0.29) is 0 Å². The van der Waals surface area contributed by atoms with E-state index in [4.69, 9.17) is 0 Å². The van der Waals surface area contributed by atoms with Crippen molar-refractivity contribution in [2.45, 2.75) is 26.3 Å². The van der Waals surface area contributed by atoms with E-state index in [0.717, 1.165) is 24.9 Å². The van der Waals surface area contributed by atoms with Gasteiger partial charge < -0.3 is 10.1 Å². The number of unbranched alkanes of at least 4 members (excludes halogenated alkanes) is 1. The van der Waals surface area contributed by atoms with Crippen LogP contribution in [0.15, 0.2) is 24.4 Å². The largest absolute Gasteiger partial charge is 0.314 e. The molecule has 1 aromatic rings. The molecule has 0 saturated heterocycles. The normalized spacial score (nSPS) is 8.71. The first-order chi connectivity index (χ1) is 6.85. The fourth-order valence-corrected chi connectivity index (χ4v) is 0.802. The van der Waals surface area contributed by atoms with Gasteiger partial charge in [-0.05, 0) is 25.6 Å². The van der Waals surface area contributed by atoms with Gasteiger partial charge in [0.25, 0.3) is 0 Å². The Bertz CT molecular complexity index is 224. The molecule has 0 aliphatic heterocycles. The number of rotatable bonds is 4. The minimum absolute atomic E-state index is 0.708. The molecule has 0 atom stereocenters. The number of aromatic nitrogens is 1. The first-order valence-electron chi connectivity index (χ1n) is 4.83.